The molecule has 2 rings (SSSR count). The highest BCUT2D eigenvalue weighted by molar-refractivity contribution is 8.77. The summed E-state index contributed by atoms with van der Waals surface area (Å²) >= 11 is 0. The summed E-state index contributed by atoms with van der Waals surface area (Å²) in [6.45, 7) is 18.5. The molecule has 1 amide bonds. The van der Waals surface area contributed by atoms with Gasteiger partial charge in [-0.1, -0.05) is 60.3 Å². The quantitative estimate of drug-likeness (QED) is 0.0341. The fourth-order valence-corrected chi connectivity index (χ4v) is 6.93. The van der Waals surface area contributed by atoms with Crippen molar-refractivity contribution in [2.45, 2.75) is 88.5 Å². The van der Waals surface area contributed by atoms with E-state index in [1.165, 1.54) is 32.5 Å². The number of rotatable bonds is 16. The standard InChI is InChI=1S/C31H48F3N5O6S2Si/c1-11-14-43-23-16-25(45-24(23)18-44-48(9,10)29(2,3)4)39-17-22(26(37-28(39)41)36-20-38(7)8)13-12-15-42-21-46-47-30(5,6)19-35-27(40)31(32,33)34/h11,17,20,23-25H,1,14-16,18-19,21H2,2-10H3,(H,35,40)/b36-20+/t23?,24-,25-/m1/s1. The lowest BCUT2D eigenvalue weighted by molar-refractivity contribution is -0.173. The molecule has 0 aliphatic carbocycles. The third-order valence-corrected chi connectivity index (χ3v) is 14.9. The van der Waals surface area contributed by atoms with E-state index in [-0.39, 0.29) is 36.1 Å². The van der Waals surface area contributed by atoms with E-state index in [0.29, 0.717) is 25.2 Å². The van der Waals surface area contributed by atoms with Crippen LogP contribution in [0, 0.1) is 11.8 Å². The van der Waals surface area contributed by atoms with Crippen molar-refractivity contribution in [1.82, 2.24) is 19.8 Å². The van der Waals surface area contributed by atoms with Crippen LogP contribution in [-0.4, -0.2) is 105 Å². The van der Waals surface area contributed by atoms with Crippen LogP contribution in [0.1, 0.15) is 52.8 Å². The number of carbonyl (C=O) groups is 1. The summed E-state index contributed by atoms with van der Waals surface area (Å²) < 4.78 is 62.4. The minimum absolute atomic E-state index is 0.0103. The Morgan fingerprint density at radius 2 is 1.98 bits per heavy atom. The average Bonchev–Trinajstić information content (AvgIpc) is 3.38. The molecule has 0 aromatic carbocycles. The van der Waals surface area contributed by atoms with Crippen molar-refractivity contribution in [3.63, 3.8) is 0 Å². The monoisotopic (exact) mass is 735 g/mol. The summed E-state index contributed by atoms with van der Waals surface area (Å²) in [7, 11) is 4.05. The molecule has 0 bridgehead atoms. The second-order valence-electron chi connectivity index (χ2n) is 13.4. The Morgan fingerprint density at radius 3 is 2.58 bits per heavy atom. The Kier molecular flexibility index (Phi) is 15.7. The second-order valence-corrected chi connectivity index (χ2v) is 21.1. The van der Waals surface area contributed by atoms with Crippen molar-refractivity contribution in [1.29, 1.82) is 0 Å². The molecule has 1 saturated heterocycles. The maximum Gasteiger partial charge on any atom is 0.471 e. The predicted octanol–water partition coefficient (Wildman–Crippen LogP) is 5.51. The highest BCUT2D eigenvalue weighted by atomic mass is 33.1. The molecule has 1 fully saturated rings. The summed E-state index contributed by atoms with van der Waals surface area (Å²) in [5.74, 6) is 4.25. The topological polar surface area (TPSA) is 117 Å². The van der Waals surface area contributed by atoms with Gasteiger partial charge in [-0.3, -0.25) is 9.36 Å². The van der Waals surface area contributed by atoms with Gasteiger partial charge in [0.2, 0.25) is 0 Å². The number of nitrogens with one attached hydrogen (secondary N) is 1. The van der Waals surface area contributed by atoms with E-state index in [1.807, 2.05) is 5.32 Å². The van der Waals surface area contributed by atoms with E-state index in [2.05, 4.69) is 62.3 Å². The lowest BCUT2D eigenvalue weighted by atomic mass is 10.2. The zero-order valence-corrected chi connectivity index (χ0v) is 31.7. The number of amides is 1. The smallest absolute Gasteiger partial charge is 0.414 e. The van der Waals surface area contributed by atoms with Crippen LogP contribution in [0.4, 0.5) is 19.0 Å². The molecule has 1 N–H and O–H groups in total. The second kappa shape index (κ2) is 18.1. The number of ether oxygens (including phenoxy) is 3. The van der Waals surface area contributed by atoms with Crippen LogP contribution in [0.2, 0.25) is 18.1 Å². The fourth-order valence-electron chi connectivity index (χ4n) is 3.78. The zero-order chi connectivity index (χ0) is 36.3. The van der Waals surface area contributed by atoms with Gasteiger partial charge in [0.1, 0.15) is 24.9 Å². The summed E-state index contributed by atoms with van der Waals surface area (Å²) in [6, 6.07) is 0. The summed E-state index contributed by atoms with van der Waals surface area (Å²) in [5, 5.41) is 1.90. The van der Waals surface area contributed by atoms with E-state index >= 15 is 0 Å². The van der Waals surface area contributed by atoms with Gasteiger partial charge >= 0.3 is 17.8 Å². The maximum atomic E-state index is 13.2. The van der Waals surface area contributed by atoms with Gasteiger partial charge in [-0.2, -0.15) is 18.2 Å². The van der Waals surface area contributed by atoms with Crippen LogP contribution in [0.25, 0.3) is 0 Å². The number of alkyl halides is 3. The SMILES string of the molecule is C=CCOC1C[C@H](n2cc(C#CCOCSSC(C)(C)CNC(=O)C(F)(F)F)c(/N=C/N(C)C)nc2=O)O[C@@H]1CO[Si](C)(C)C(C)(C)C. The van der Waals surface area contributed by atoms with Gasteiger partial charge in [0.25, 0.3) is 0 Å². The van der Waals surface area contributed by atoms with Crippen molar-refractivity contribution in [2.24, 2.45) is 4.99 Å². The Bertz CT molecular complexity index is 1390. The molecule has 1 unspecified atom stereocenters. The van der Waals surface area contributed by atoms with Gasteiger partial charge in [0.15, 0.2) is 14.1 Å². The predicted molar refractivity (Wildman–Crippen MR) is 188 cm³/mol. The number of hydrogen-bond acceptors (Lipinski definition) is 10. The van der Waals surface area contributed by atoms with Crippen LogP contribution in [0.5, 0.6) is 0 Å². The number of nitrogens with zero attached hydrogens (tertiary/aromatic N) is 4. The third kappa shape index (κ3) is 13.5. The number of aliphatic imine (C=N–C) groups is 1. The Balaban J connectivity index is 2.15. The van der Waals surface area contributed by atoms with Crippen molar-refractivity contribution in [3.05, 3.63) is 34.9 Å². The molecule has 270 valence electrons. The van der Waals surface area contributed by atoms with Gasteiger partial charge in [-0.25, -0.2) is 9.79 Å². The molecule has 1 aromatic rings. The first-order chi connectivity index (χ1) is 22.2. The molecule has 1 aromatic heterocycles. The van der Waals surface area contributed by atoms with Crippen LogP contribution < -0.4 is 11.0 Å². The Morgan fingerprint density at radius 1 is 1.29 bits per heavy atom. The van der Waals surface area contributed by atoms with E-state index in [0.717, 1.165) is 0 Å². The molecule has 17 heteroatoms. The molecule has 1 aliphatic heterocycles. The molecule has 0 radical (unpaired) electrons. The van der Waals surface area contributed by atoms with Crippen LogP contribution in [0.3, 0.4) is 0 Å². The average molecular weight is 736 g/mol. The van der Waals surface area contributed by atoms with E-state index in [4.69, 9.17) is 18.6 Å². The van der Waals surface area contributed by atoms with Crippen molar-refractivity contribution in [2.75, 3.05) is 46.4 Å². The largest absolute Gasteiger partial charge is 0.471 e. The summed E-state index contributed by atoms with van der Waals surface area (Å²) in [5.41, 5.74) is -0.170. The van der Waals surface area contributed by atoms with E-state index in [9.17, 15) is 22.8 Å². The van der Waals surface area contributed by atoms with Crippen molar-refractivity contribution in [3.8, 4) is 11.8 Å². The summed E-state index contributed by atoms with van der Waals surface area (Å²) in [6.07, 6.45) is -1.20. The first kappa shape index (κ1) is 41.8. The highest BCUT2D eigenvalue weighted by Gasteiger charge is 2.42. The first-order valence-electron chi connectivity index (χ1n) is 15.2. The van der Waals surface area contributed by atoms with Gasteiger partial charge in [-0.15, -0.1) is 6.58 Å². The molecule has 0 saturated carbocycles. The molecule has 3 atom stereocenters. The third-order valence-electron chi connectivity index (χ3n) is 7.42. The minimum Gasteiger partial charge on any atom is -0.414 e. The number of aromatic nitrogens is 2. The number of hydrogen-bond donors (Lipinski definition) is 1. The Hall–Kier alpha value is -2.33. The van der Waals surface area contributed by atoms with Gasteiger partial charge in [0, 0.05) is 38.0 Å². The molecule has 0 spiro atoms. The maximum absolute atomic E-state index is 13.2. The van der Waals surface area contributed by atoms with Crippen LogP contribution in [0.15, 0.2) is 28.6 Å². The molecule has 11 nitrogen and oxygen atoms in total. The van der Waals surface area contributed by atoms with Crippen LogP contribution >= 0.6 is 21.6 Å². The molecule has 2 heterocycles. The highest BCUT2D eigenvalue weighted by Crippen LogP contribution is 2.38. The van der Waals surface area contributed by atoms with E-state index < -0.39 is 43.2 Å². The van der Waals surface area contributed by atoms with Crippen molar-refractivity contribution >= 4 is 48.0 Å². The first-order valence-corrected chi connectivity index (χ1v) is 20.5. The lowest BCUT2D eigenvalue weighted by Crippen LogP contribution is -2.44. The number of halogens is 3. The normalized spacial score (nSPS) is 18.9. The van der Waals surface area contributed by atoms with Gasteiger partial charge in [-0.05, 0) is 32.0 Å². The fraction of sp³-hybridized carbons (Fsp3) is 0.677. The number of carbonyl (C=O) groups excluding carboxylic acids is 1. The summed E-state index contributed by atoms with van der Waals surface area (Å²) in [4.78, 5) is 34.5. The molecule has 1 aliphatic rings. The minimum atomic E-state index is -4.93. The van der Waals surface area contributed by atoms with Crippen LogP contribution in [-0.2, 0) is 23.4 Å². The van der Waals surface area contributed by atoms with Crippen molar-refractivity contribution < 1.29 is 36.6 Å². The molecule has 48 heavy (non-hydrogen) atoms. The molecular weight excluding hydrogens is 688 g/mol. The Labute approximate surface area is 290 Å². The van der Waals surface area contributed by atoms with E-state index in [1.54, 1.807) is 45.1 Å². The zero-order valence-electron chi connectivity index (χ0n) is 29.1. The van der Waals surface area contributed by atoms with Gasteiger partial charge < -0.3 is 28.9 Å². The lowest BCUT2D eigenvalue weighted by Gasteiger charge is -2.37. The van der Waals surface area contributed by atoms with Gasteiger partial charge in [0.05, 0.1) is 31.2 Å². The molecular formula is C31H48F3N5O6S2Si.